The lowest BCUT2D eigenvalue weighted by Crippen LogP contribution is -2.42. The van der Waals surface area contributed by atoms with Crippen LogP contribution in [0.15, 0.2) is 24.3 Å². The van der Waals surface area contributed by atoms with Crippen molar-refractivity contribution in [3.05, 3.63) is 35.4 Å². The monoisotopic (exact) mass is 340 g/mol. The van der Waals surface area contributed by atoms with Crippen molar-refractivity contribution >= 4 is 16.0 Å². The summed E-state index contributed by atoms with van der Waals surface area (Å²) in [4.78, 5) is 11.8. The Morgan fingerprint density at radius 2 is 2.13 bits per heavy atom. The molecule has 0 amide bonds. The number of rotatable bonds is 7. The van der Waals surface area contributed by atoms with Gasteiger partial charge in [0.25, 0.3) is 0 Å². The Labute approximate surface area is 137 Å². The molecule has 1 N–H and O–H groups in total. The molecule has 1 fully saturated rings. The van der Waals surface area contributed by atoms with Crippen molar-refractivity contribution < 1.29 is 17.9 Å². The third-order valence-electron chi connectivity index (χ3n) is 4.00. The van der Waals surface area contributed by atoms with E-state index in [9.17, 15) is 13.2 Å². The van der Waals surface area contributed by atoms with Crippen LogP contribution in [0, 0.1) is 0 Å². The van der Waals surface area contributed by atoms with Crippen LogP contribution in [-0.4, -0.2) is 51.5 Å². The maximum atomic E-state index is 12.9. The molecule has 1 saturated heterocycles. The quantitative estimate of drug-likeness (QED) is 0.759. The van der Waals surface area contributed by atoms with Crippen LogP contribution in [0.5, 0.6) is 0 Å². The molecule has 1 heterocycles. The summed E-state index contributed by atoms with van der Waals surface area (Å²) in [5.41, 5.74) is 0.783. The SMILES string of the molecule is CCCN(C1CCNC1)S(=O)(=O)Cc1ccccc1C(=O)OC. The molecule has 7 heteroatoms. The smallest absolute Gasteiger partial charge is 0.338 e. The van der Waals surface area contributed by atoms with Crippen LogP contribution < -0.4 is 5.32 Å². The minimum Gasteiger partial charge on any atom is -0.465 e. The largest absolute Gasteiger partial charge is 0.465 e. The van der Waals surface area contributed by atoms with E-state index in [1.165, 1.54) is 7.11 Å². The zero-order chi connectivity index (χ0) is 16.9. The van der Waals surface area contributed by atoms with Gasteiger partial charge in [0.05, 0.1) is 18.4 Å². The highest BCUT2D eigenvalue weighted by atomic mass is 32.2. The number of esters is 1. The van der Waals surface area contributed by atoms with Gasteiger partial charge in [0.2, 0.25) is 10.0 Å². The van der Waals surface area contributed by atoms with E-state index in [-0.39, 0.29) is 11.8 Å². The average molecular weight is 340 g/mol. The van der Waals surface area contributed by atoms with E-state index in [4.69, 9.17) is 4.74 Å². The fourth-order valence-corrected chi connectivity index (χ4v) is 4.79. The second-order valence-electron chi connectivity index (χ2n) is 5.66. The van der Waals surface area contributed by atoms with Gasteiger partial charge < -0.3 is 10.1 Å². The Bertz CT molecular complexity index is 639. The summed E-state index contributed by atoms with van der Waals surface area (Å²) in [6.45, 7) is 3.97. The van der Waals surface area contributed by atoms with E-state index in [1.54, 1.807) is 28.6 Å². The van der Waals surface area contributed by atoms with Crippen LogP contribution in [0.2, 0.25) is 0 Å². The van der Waals surface area contributed by atoms with Gasteiger partial charge in [0.15, 0.2) is 0 Å². The summed E-state index contributed by atoms with van der Waals surface area (Å²) in [6, 6.07) is 6.69. The molecule has 0 spiro atoms. The number of hydrogen-bond donors (Lipinski definition) is 1. The Morgan fingerprint density at radius 1 is 1.39 bits per heavy atom. The maximum absolute atomic E-state index is 12.9. The zero-order valence-electron chi connectivity index (χ0n) is 13.6. The highest BCUT2D eigenvalue weighted by Crippen LogP contribution is 2.20. The number of carbonyl (C=O) groups is 1. The first-order valence-electron chi connectivity index (χ1n) is 7.86. The van der Waals surface area contributed by atoms with Gasteiger partial charge >= 0.3 is 5.97 Å². The van der Waals surface area contributed by atoms with E-state index in [1.807, 2.05) is 6.92 Å². The lowest BCUT2D eigenvalue weighted by Gasteiger charge is -2.27. The van der Waals surface area contributed by atoms with Gasteiger partial charge in [-0.05, 0) is 31.0 Å². The van der Waals surface area contributed by atoms with Crippen molar-refractivity contribution in [2.45, 2.75) is 31.6 Å². The number of nitrogens with one attached hydrogen (secondary N) is 1. The predicted molar refractivity (Wildman–Crippen MR) is 88.7 cm³/mol. The molecule has 23 heavy (non-hydrogen) atoms. The number of methoxy groups -OCH3 is 1. The van der Waals surface area contributed by atoms with Crippen molar-refractivity contribution in [2.24, 2.45) is 0 Å². The fourth-order valence-electron chi connectivity index (χ4n) is 2.89. The molecule has 1 aliphatic heterocycles. The van der Waals surface area contributed by atoms with Crippen LogP contribution in [0.1, 0.15) is 35.7 Å². The van der Waals surface area contributed by atoms with Gasteiger partial charge in [-0.15, -0.1) is 0 Å². The molecule has 128 valence electrons. The van der Waals surface area contributed by atoms with Gasteiger partial charge in [-0.3, -0.25) is 0 Å². The molecular formula is C16H24N2O4S. The summed E-state index contributed by atoms with van der Waals surface area (Å²) in [6.07, 6.45) is 1.58. The number of hydrogen-bond acceptors (Lipinski definition) is 5. The minimum absolute atomic E-state index is 0.00904. The Balaban J connectivity index is 2.27. The van der Waals surface area contributed by atoms with Gasteiger partial charge in [0, 0.05) is 19.1 Å². The fraction of sp³-hybridized carbons (Fsp3) is 0.562. The highest BCUT2D eigenvalue weighted by Gasteiger charge is 2.32. The second-order valence-corrected chi connectivity index (χ2v) is 7.58. The van der Waals surface area contributed by atoms with Crippen molar-refractivity contribution in [1.29, 1.82) is 0 Å². The summed E-state index contributed by atoms with van der Waals surface area (Å²) in [7, 11) is -2.21. The van der Waals surface area contributed by atoms with Crippen molar-refractivity contribution in [3.8, 4) is 0 Å². The van der Waals surface area contributed by atoms with Gasteiger partial charge in [0.1, 0.15) is 0 Å². The number of sulfonamides is 1. The van der Waals surface area contributed by atoms with E-state index < -0.39 is 16.0 Å². The highest BCUT2D eigenvalue weighted by molar-refractivity contribution is 7.88. The molecule has 0 saturated carbocycles. The van der Waals surface area contributed by atoms with Gasteiger partial charge in [-0.25, -0.2) is 13.2 Å². The average Bonchev–Trinajstić information content (AvgIpc) is 3.05. The van der Waals surface area contributed by atoms with Crippen LogP contribution in [0.3, 0.4) is 0 Å². The van der Waals surface area contributed by atoms with E-state index in [0.717, 1.165) is 19.4 Å². The molecule has 0 bridgehead atoms. The second kappa shape index (κ2) is 7.90. The first kappa shape index (κ1) is 17.9. The third-order valence-corrected chi connectivity index (χ3v) is 5.87. The van der Waals surface area contributed by atoms with Crippen molar-refractivity contribution in [3.63, 3.8) is 0 Å². The Morgan fingerprint density at radius 3 is 2.74 bits per heavy atom. The predicted octanol–water partition coefficient (Wildman–Crippen LogP) is 1.38. The summed E-state index contributed by atoms with van der Waals surface area (Å²) < 4.78 is 32.1. The number of benzene rings is 1. The lowest BCUT2D eigenvalue weighted by molar-refractivity contribution is 0.0600. The minimum atomic E-state index is -3.50. The van der Waals surface area contributed by atoms with Gasteiger partial charge in [-0.2, -0.15) is 4.31 Å². The number of ether oxygens (including phenoxy) is 1. The molecule has 0 aromatic heterocycles. The van der Waals surface area contributed by atoms with Gasteiger partial charge in [-0.1, -0.05) is 25.1 Å². The summed E-state index contributed by atoms with van der Waals surface area (Å²) in [5.74, 6) is -0.699. The van der Waals surface area contributed by atoms with E-state index >= 15 is 0 Å². The molecule has 1 aromatic carbocycles. The molecule has 2 rings (SSSR count). The Kier molecular flexibility index (Phi) is 6.15. The maximum Gasteiger partial charge on any atom is 0.338 e. The van der Waals surface area contributed by atoms with E-state index in [2.05, 4.69) is 5.32 Å². The molecule has 0 aliphatic carbocycles. The van der Waals surface area contributed by atoms with Crippen LogP contribution in [0.25, 0.3) is 0 Å². The molecule has 1 aliphatic rings. The normalized spacial score (nSPS) is 18.3. The molecule has 1 aromatic rings. The first-order chi connectivity index (χ1) is 11.0. The van der Waals surface area contributed by atoms with Crippen LogP contribution in [0.4, 0.5) is 0 Å². The third kappa shape index (κ3) is 4.31. The standard InChI is InChI=1S/C16H24N2O4S/c1-3-10-18(14-8-9-17-11-14)23(20,21)12-13-6-4-5-7-15(13)16(19)22-2/h4-7,14,17H,3,8-12H2,1-2H3. The first-order valence-corrected chi connectivity index (χ1v) is 9.47. The van der Waals surface area contributed by atoms with E-state index in [0.29, 0.717) is 24.2 Å². The van der Waals surface area contributed by atoms with Crippen molar-refractivity contribution in [1.82, 2.24) is 9.62 Å². The zero-order valence-corrected chi connectivity index (χ0v) is 14.4. The summed E-state index contributed by atoms with van der Waals surface area (Å²) in [5, 5.41) is 3.21. The number of carbonyl (C=O) groups excluding carboxylic acids is 1. The van der Waals surface area contributed by atoms with Crippen molar-refractivity contribution in [2.75, 3.05) is 26.7 Å². The molecule has 0 radical (unpaired) electrons. The molecular weight excluding hydrogens is 316 g/mol. The van der Waals surface area contributed by atoms with Crippen LogP contribution in [-0.2, 0) is 20.5 Å². The Hall–Kier alpha value is -1.44. The summed E-state index contributed by atoms with van der Waals surface area (Å²) >= 11 is 0. The van der Waals surface area contributed by atoms with Crippen LogP contribution >= 0.6 is 0 Å². The molecule has 1 atom stereocenters. The number of nitrogens with zero attached hydrogens (tertiary/aromatic N) is 1. The topological polar surface area (TPSA) is 75.7 Å². The molecule has 1 unspecified atom stereocenters. The lowest BCUT2D eigenvalue weighted by atomic mass is 10.1. The molecule has 6 nitrogen and oxygen atoms in total.